The predicted octanol–water partition coefficient (Wildman–Crippen LogP) is 3.42. The van der Waals surface area contributed by atoms with E-state index in [1.54, 1.807) is 24.5 Å². The first-order valence-electron chi connectivity index (χ1n) is 9.13. The van der Waals surface area contributed by atoms with Gasteiger partial charge in [-0.2, -0.15) is 0 Å². The number of halogens is 1. The van der Waals surface area contributed by atoms with Crippen LogP contribution in [0.1, 0.15) is 30.5 Å². The van der Waals surface area contributed by atoms with Gasteiger partial charge in [0.25, 0.3) is 0 Å². The maximum atomic E-state index is 13.1. The molecule has 0 amide bonds. The molecule has 2 aliphatic heterocycles. The van der Waals surface area contributed by atoms with E-state index < -0.39 is 0 Å². The summed E-state index contributed by atoms with van der Waals surface area (Å²) >= 11 is 0. The Labute approximate surface area is 148 Å². The minimum atomic E-state index is -0.162. The molecule has 0 radical (unpaired) electrons. The zero-order valence-corrected chi connectivity index (χ0v) is 14.8. The number of benzene rings is 1. The highest BCUT2D eigenvalue weighted by molar-refractivity contribution is 5.44. The summed E-state index contributed by atoms with van der Waals surface area (Å²) in [6.45, 7) is 7.31. The molecule has 0 unspecified atom stereocenters. The molecule has 0 bridgehead atoms. The number of hydrogen-bond acceptors (Lipinski definition) is 4. The van der Waals surface area contributed by atoms with Crippen LogP contribution in [0.2, 0.25) is 0 Å². The first-order valence-corrected chi connectivity index (χ1v) is 9.13. The molecule has 2 saturated heterocycles. The highest BCUT2D eigenvalue weighted by Gasteiger charge is 2.42. The third kappa shape index (κ3) is 3.52. The zero-order chi connectivity index (χ0) is 17.3. The van der Waals surface area contributed by atoms with E-state index in [1.165, 1.54) is 24.8 Å². The molecule has 25 heavy (non-hydrogen) atoms. The Morgan fingerprint density at radius 3 is 2.64 bits per heavy atom. The number of hydrogen-bond donors (Lipinski definition) is 0. The quantitative estimate of drug-likeness (QED) is 0.857. The van der Waals surface area contributed by atoms with Crippen LogP contribution < -0.4 is 4.90 Å². The van der Waals surface area contributed by atoms with Gasteiger partial charge in [0.15, 0.2) is 0 Å². The molecule has 132 valence electrons. The molecule has 1 aromatic heterocycles. The highest BCUT2D eigenvalue weighted by Crippen LogP contribution is 2.40. The maximum Gasteiger partial charge on any atom is 0.150 e. The van der Waals surface area contributed by atoms with Gasteiger partial charge < -0.3 is 4.90 Å². The van der Waals surface area contributed by atoms with Gasteiger partial charge >= 0.3 is 0 Å². The lowest BCUT2D eigenvalue weighted by Crippen LogP contribution is -2.44. The van der Waals surface area contributed by atoms with E-state index in [0.717, 1.165) is 44.2 Å². The van der Waals surface area contributed by atoms with E-state index in [1.807, 2.05) is 19.1 Å². The van der Waals surface area contributed by atoms with Gasteiger partial charge in [0.1, 0.15) is 11.6 Å². The largest absolute Gasteiger partial charge is 0.354 e. The minimum absolute atomic E-state index is 0.162. The number of aryl methyl sites for hydroxylation is 1. The van der Waals surface area contributed by atoms with Crippen molar-refractivity contribution >= 4 is 5.82 Å². The zero-order valence-electron chi connectivity index (χ0n) is 14.8. The lowest BCUT2D eigenvalue weighted by molar-refractivity contribution is 0.0991. The Bertz CT molecular complexity index is 733. The van der Waals surface area contributed by atoms with E-state index in [0.29, 0.717) is 5.41 Å². The van der Waals surface area contributed by atoms with Gasteiger partial charge in [0.2, 0.25) is 0 Å². The SMILES string of the molecule is Cc1nccnc1N1CC[C@]2(CCCN(Cc3ccc(F)cc3)C2)C1. The van der Waals surface area contributed by atoms with Crippen LogP contribution in [0.25, 0.3) is 0 Å². The maximum absolute atomic E-state index is 13.1. The summed E-state index contributed by atoms with van der Waals surface area (Å²) < 4.78 is 13.1. The van der Waals surface area contributed by atoms with Gasteiger partial charge in [-0.1, -0.05) is 12.1 Å². The number of likely N-dealkylation sites (tertiary alicyclic amines) is 1. The van der Waals surface area contributed by atoms with Crippen LogP contribution in [0.4, 0.5) is 10.2 Å². The van der Waals surface area contributed by atoms with Crippen LogP contribution in [-0.4, -0.2) is 41.0 Å². The molecule has 2 aromatic rings. The number of nitrogens with zero attached hydrogens (tertiary/aromatic N) is 4. The van der Waals surface area contributed by atoms with Crippen LogP contribution in [0.5, 0.6) is 0 Å². The fraction of sp³-hybridized carbons (Fsp3) is 0.500. The number of aromatic nitrogens is 2. The molecule has 3 heterocycles. The van der Waals surface area contributed by atoms with Gasteiger partial charge in [-0.15, -0.1) is 0 Å². The van der Waals surface area contributed by atoms with Gasteiger partial charge in [0, 0.05) is 44.0 Å². The number of piperidine rings is 1. The van der Waals surface area contributed by atoms with E-state index in [9.17, 15) is 4.39 Å². The van der Waals surface area contributed by atoms with Crippen molar-refractivity contribution in [1.82, 2.24) is 14.9 Å². The van der Waals surface area contributed by atoms with Crippen molar-refractivity contribution in [2.75, 3.05) is 31.1 Å². The Morgan fingerprint density at radius 2 is 1.84 bits per heavy atom. The second-order valence-corrected chi connectivity index (χ2v) is 7.58. The summed E-state index contributed by atoms with van der Waals surface area (Å²) in [6, 6.07) is 6.92. The van der Waals surface area contributed by atoms with Gasteiger partial charge in [0.05, 0.1) is 5.69 Å². The average Bonchev–Trinajstić information content (AvgIpc) is 3.00. The standard InChI is InChI=1S/C20H25FN4/c1-16-19(23-10-9-22-16)25-12-8-20(15-25)7-2-11-24(14-20)13-17-3-5-18(21)6-4-17/h3-6,9-10H,2,7-8,11-15H2,1H3/t20-/m0/s1. The molecular formula is C20H25FN4. The Morgan fingerprint density at radius 1 is 1.04 bits per heavy atom. The Balaban J connectivity index is 1.44. The minimum Gasteiger partial charge on any atom is -0.354 e. The molecule has 1 atom stereocenters. The topological polar surface area (TPSA) is 32.3 Å². The van der Waals surface area contributed by atoms with Gasteiger partial charge in [-0.05, 0) is 50.4 Å². The Hall–Kier alpha value is -2.01. The molecule has 2 aliphatic rings. The van der Waals surface area contributed by atoms with Crippen molar-refractivity contribution in [2.24, 2.45) is 5.41 Å². The average molecular weight is 340 g/mol. The summed E-state index contributed by atoms with van der Waals surface area (Å²) in [5.41, 5.74) is 2.55. The van der Waals surface area contributed by atoms with E-state index in [2.05, 4.69) is 19.8 Å². The summed E-state index contributed by atoms with van der Waals surface area (Å²) in [6.07, 6.45) is 7.27. The van der Waals surface area contributed by atoms with Crippen molar-refractivity contribution in [3.8, 4) is 0 Å². The van der Waals surface area contributed by atoms with Crippen molar-refractivity contribution in [3.63, 3.8) is 0 Å². The van der Waals surface area contributed by atoms with Crippen molar-refractivity contribution in [1.29, 1.82) is 0 Å². The molecule has 0 saturated carbocycles. The van der Waals surface area contributed by atoms with E-state index in [4.69, 9.17) is 0 Å². The van der Waals surface area contributed by atoms with Crippen LogP contribution in [0.15, 0.2) is 36.7 Å². The summed E-state index contributed by atoms with van der Waals surface area (Å²) in [5, 5.41) is 0. The normalized spacial score (nSPS) is 24.2. The second kappa shape index (κ2) is 6.71. The van der Waals surface area contributed by atoms with Gasteiger partial charge in [-0.25, -0.2) is 9.37 Å². The summed E-state index contributed by atoms with van der Waals surface area (Å²) in [5.74, 6) is 0.875. The highest BCUT2D eigenvalue weighted by atomic mass is 19.1. The predicted molar refractivity (Wildman–Crippen MR) is 96.9 cm³/mol. The molecule has 0 N–H and O–H groups in total. The summed E-state index contributed by atoms with van der Waals surface area (Å²) in [4.78, 5) is 13.9. The molecule has 2 fully saturated rings. The molecule has 0 aliphatic carbocycles. The lowest BCUT2D eigenvalue weighted by atomic mass is 9.79. The molecular weight excluding hydrogens is 315 g/mol. The lowest BCUT2D eigenvalue weighted by Gasteiger charge is -2.40. The van der Waals surface area contributed by atoms with Crippen molar-refractivity contribution in [2.45, 2.75) is 32.7 Å². The summed E-state index contributed by atoms with van der Waals surface area (Å²) in [7, 11) is 0. The van der Waals surface area contributed by atoms with Crippen LogP contribution in [0, 0.1) is 18.2 Å². The van der Waals surface area contributed by atoms with E-state index in [-0.39, 0.29) is 5.82 Å². The van der Waals surface area contributed by atoms with Crippen molar-refractivity contribution < 1.29 is 4.39 Å². The van der Waals surface area contributed by atoms with Crippen molar-refractivity contribution in [3.05, 3.63) is 53.7 Å². The molecule has 4 rings (SSSR count). The fourth-order valence-corrected chi connectivity index (χ4v) is 4.45. The third-order valence-electron chi connectivity index (χ3n) is 5.65. The smallest absolute Gasteiger partial charge is 0.150 e. The molecule has 5 heteroatoms. The van der Waals surface area contributed by atoms with Crippen LogP contribution >= 0.6 is 0 Å². The molecule has 1 aromatic carbocycles. The van der Waals surface area contributed by atoms with E-state index >= 15 is 0 Å². The van der Waals surface area contributed by atoms with Gasteiger partial charge in [-0.3, -0.25) is 9.88 Å². The second-order valence-electron chi connectivity index (χ2n) is 7.58. The fourth-order valence-electron chi connectivity index (χ4n) is 4.45. The van der Waals surface area contributed by atoms with Crippen LogP contribution in [0.3, 0.4) is 0 Å². The molecule has 4 nitrogen and oxygen atoms in total. The number of rotatable bonds is 3. The van der Waals surface area contributed by atoms with Crippen LogP contribution in [-0.2, 0) is 6.54 Å². The number of anilines is 1. The third-order valence-corrected chi connectivity index (χ3v) is 5.65. The first-order chi connectivity index (χ1) is 12.1. The Kier molecular flexibility index (Phi) is 4.42. The molecule has 1 spiro atoms. The first kappa shape index (κ1) is 16.5. The monoisotopic (exact) mass is 340 g/mol.